The molecule has 5 nitrogen and oxygen atoms in total. The van der Waals surface area contributed by atoms with Crippen LogP contribution in [0.15, 0.2) is 0 Å². The summed E-state index contributed by atoms with van der Waals surface area (Å²) in [6.45, 7) is 2.76. The van der Waals surface area contributed by atoms with E-state index in [1.54, 1.807) is 18.9 Å². The zero-order valence-electron chi connectivity index (χ0n) is 9.60. The van der Waals surface area contributed by atoms with Gasteiger partial charge in [0.1, 0.15) is 0 Å². The van der Waals surface area contributed by atoms with E-state index >= 15 is 0 Å². The van der Waals surface area contributed by atoms with Crippen molar-refractivity contribution in [3.63, 3.8) is 0 Å². The van der Waals surface area contributed by atoms with Crippen LogP contribution in [0, 0.1) is 0 Å². The van der Waals surface area contributed by atoms with Crippen molar-refractivity contribution in [2.45, 2.75) is 19.4 Å². The van der Waals surface area contributed by atoms with E-state index in [0.717, 1.165) is 0 Å². The van der Waals surface area contributed by atoms with E-state index in [1.807, 2.05) is 0 Å². The quantitative estimate of drug-likeness (QED) is 0.762. The lowest BCUT2D eigenvalue weighted by molar-refractivity contribution is -0.132. The van der Waals surface area contributed by atoms with Crippen LogP contribution in [0.4, 0.5) is 0 Å². The predicted octanol–water partition coefficient (Wildman–Crippen LogP) is -0.337. The number of amides is 1. The van der Waals surface area contributed by atoms with Crippen LogP contribution < -0.4 is 5.32 Å². The van der Waals surface area contributed by atoms with Crippen LogP contribution in [-0.4, -0.2) is 56.9 Å². The van der Waals surface area contributed by atoms with Gasteiger partial charge in [0.05, 0.1) is 11.5 Å². The van der Waals surface area contributed by atoms with Crippen LogP contribution in [0.3, 0.4) is 0 Å². The minimum absolute atomic E-state index is 0. The van der Waals surface area contributed by atoms with Gasteiger partial charge in [0.15, 0.2) is 9.84 Å². The second-order valence-electron chi connectivity index (χ2n) is 3.90. The van der Waals surface area contributed by atoms with Gasteiger partial charge < -0.3 is 10.2 Å². The SMILES string of the molecule is CNCCC(=O)N1CCS(=O)(=O)CC1C.Cl. The number of sulfone groups is 1. The first-order valence-electron chi connectivity index (χ1n) is 5.11. The van der Waals surface area contributed by atoms with Crippen LogP contribution in [0.5, 0.6) is 0 Å². The second kappa shape index (κ2) is 6.42. The van der Waals surface area contributed by atoms with E-state index in [1.165, 1.54) is 0 Å². The van der Waals surface area contributed by atoms with Gasteiger partial charge >= 0.3 is 0 Å². The minimum Gasteiger partial charge on any atom is -0.338 e. The van der Waals surface area contributed by atoms with E-state index in [-0.39, 0.29) is 35.9 Å². The number of nitrogens with zero attached hydrogens (tertiary/aromatic N) is 1. The molecule has 1 aliphatic rings. The average molecular weight is 271 g/mol. The van der Waals surface area contributed by atoms with Gasteiger partial charge in [-0.3, -0.25) is 4.79 Å². The van der Waals surface area contributed by atoms with Crippen molar-refractivity contribution in [3.05, 3.63) is 0 Å². The summed E-state index contributed by atoms with van der Waals surface area (Å²) < 4.78 is 22.6. The van der Waals surface area contributed by atoms with Crippen LogP contribution in [0.25, 0.3) is 0 Å². The molecule has 1 rings (SSSR count). The molecule has 0 saturated carbocycles. The van der Waals surface area contributed by atoms with Gasteiger partial charge in [0.2, 0.25) is 5.91 Å². The maximum absolute atomic E-state index is 11.7. The van der Waals surface area contributed by atoms with Crippen molar-refractivity contribution in [3.8, 4) is 0 Å². The first kappa shape index (κ1) is 15.7. The second-order valence-corrected chi connectivity index (χ2v) is 6.13. The summed E-state index contributed by atoms with van der Waals surface area (Å²) in [4.78, 5) is 13.3. The fourth-order valence-corrected chi connectivity index (χ4v) is 3.30. The highest BCUT2D eigenvalue weighted by Crippen LogP contribution is 2.12. The van der Waals surface area contributed by atoms with Gasteiger partial charge in [0, 0.05) is 25.6 Å². The molecule has 1 heterocycles. The highest BCUT2D eigenvalue weighted by molar-refractivity contribution is 7.91. The Morgan fingerprint density at radius 1 is 1.50 bits per heavy atom. The molecule has 1 N–H and O–H groups in total. The van der Waals surface area contributed by atoms with Gasteiger partial charge in [-0.1, -0.05) is 0 Å². The summed E-state index contributed by atoms with van der Waals surface area (Å²) in [5.41, 5.74) is 0. The summed E-state index contributed by atoms with van der Waals surface area (Å²) >= 11 is 0. The molecule has 0 aromatic rings. The molecule has 1 unspecified atom stereocenters. The van der Waals surface area contributed by atoms with Crippen molar-refractivity contribution < 1.29 is 13.2 Å². The monoisotopic (exact) mass is 270 g/mol. The number of nitrogens with one attached hydrogen (secondary N) is 1. The molecule has 1 fully saturated rings. The number of halogens is 1. The molecular weight excluding hydrogens is 252 g/mol. The summed E-state index contributed by atoms with van der Waals surface area (Å²) in [6.07, 6.45) is 0.431. The molecule has 1 atom stereocenters. The molecule has 0 aliphatic carbocycles. The lowest BCUT2D eigenvalue weighted by Crippen LogP contribution is -2.50. The first-order chi connectivity index (χ1) is 6.96. The Labute approximate surface area is 103 Å². The zero-order chi connectivity index (χ0) is 11.5. The summed E-state index contributed by atoms with van der Waals surface area (Å²) in [6, 6.07) is -0.187. The van der Waals surface area contributed by atoms with Crippen LogP contribution in [-0.2, 0) is 14.6 Å². The van der Waals surface area contributed by atoms with E-state index in [9.17, 15) is 13.2 Å². The molecule has 7 heteroatoms. The highest BCUT2D eigenvalue weighted by atomic mass is 35.5. The van der Waals surface area contributed by atoms with Gasteiger partial charge in [-0.2, -0.15) is 0 Å². The molecule has 0 aromatic heterocycles. The van der Waals surface area contributed by atoms with Gasteiger partial charge in [-0.15, -0.1) is 12.4 Å². The smallest absolute Gasteiger partial charge is 0.224 e. The lowest BCUT2D eigenvalue weighted by Gasteiger charge is -2.33. The van der Waals surface area contributed by atoms with Crippen LogP contribution in [0.1, 0.15) is 13.3 Å². The molecule has 0 bridgehead atoms. The van der Waals surface area contributed by atoms with Crippen LogP contribution >= 0.6 is 12.4 Å². The van der Waals surface area contributed by atoms with Crippen molar-refractivity contribution in [1.29, 1.82) is 0 Å². The third-order valence-electron chi connectivity index (χ3n) is 2.58. The van der Waals surface area contributed by atoms with Gasteiger partial charge in [-0.05, 0) is 14.0 Å². The van der Waals surface area contributed by atoms with Crippen LogP contribution in [0.2, 0.25) is 0 Å². The Balaban J connectivity index is 0.00000225. The lowest BCUT2D eigenvalue weighted by atomic mass is 10.2. The first-order valence-corrected chi connectivity index (χ1v) is 6.93. The topological polar surface area (TPSA) is 66.5 Å². The Bertz CT molecular complexity index is 332. The summed E-state index contributed by atoms with van der Waals surface area (Å²) in [7, 11) is -1.14. The number of carbonyl (C=O) groups is 1. The highest BCUT2D eigenvalue weighted by Gasteiger charge is 2.30. The molecule has 0 radical (unpaired) electrons. The molecule has 1 amide bonds. The maximum atomic E-state index is 11.7. The zero-order valence-corrected chi connectivity index (χ0v) is 11.2. The van der Waals surface area contributed by atoms with Crippen molar-refractivity contribution in [1.82, 2.24) is 10.2 Å². The normalized spacial score (nSPS) is 23.6. The van der Waals surface area contributed by atoms with E-state index in [0.29, 0.717) is 19.5 Å². The molecule has 96 valence electrons. The third-order valence-corrected chi connectivity index (χ3v) is 4.37. The van der Waals surface area contributed by atoms with Gasteiger partial charge in [-0.25, -0.2) is 8.42 Å². The number of hydrogen-bond donors (Lipinski definition) is 1. The Morgan fingerprint density at radius 2 is 2.12 bits per heavy atom. The van der Waals surface area contributed by atoms with Gasteiger partial charge in [0.25, 0.3) is 0 Å². The predicted molar refractivity (Wildman–Crippen MR) is 65.6 cm³/mol. The average Bonchev–Trinajstić information content (AvgIpc) is 2.12. The minimum atomic E-state index is -2.93. The Hall–Kier alpha value is -0.330. The van der Waals surface area contributed by atoms with Crippen molar-refractivity contribution >= 4 is 28.2 Å². The fraction of sp³-hybridized carbons (Fsp3) is 0.889. The number of carbonyl (C=O) groups excluding carboxylic acids is 1. The number of hydrogen-bond acceptors (Lipinski definition) is 4. The number of rotatable bonds is 3. The molecule has 1 saturated heterocycles. The van der Waals surface area contributed by atoms with Crippen molar-refractivity contribution in [2.75, 3.05) is 31.6 Å². The molecule has 0 spiro atoms. The Kier molecular flexibility index (Phi) is 6.28. The third kappa shape index (κ3) is 4.27. The van der Waals surface area contributed by atoms with E-state index in [2.05, 4.69) is 5.32 Å². The maximum Gasteiger partial charge on any atom is 0.224 e. The summed E-state index contributed by atoms with van der Waals surface area (Å²) in [5, 5.41) is 2.90. The van der Waals surface area contributed by atoms with E-state index in [4.69, 9.17) is 0 Å². The molecular formula is C9H19ClN2O3S. The van der Waals surface area contributed by atoms with E-state index < -0.39 is 9.84 Å². The molecule has 16 heavy (non-hydrogen) atoms. The molecule has 1 aliphatic heterocycles. The molecule has 0 aromatic carbocycles. The Morgan fingerprint density at radius 3 is 2.62 bits per heavy atom. The largest absolute Gasteiger partial charge is 0.338 e. The standard InChI is InChI=1S/C9H18N2O3S.ClH/c1-8-7-15(13,14)6-5-11(8)9(12)3-4-10-2;/h8,10H,3-7H2,1-2H3;1H. The van der Waals surface area contributed by atoms with Crippen molar-refractivity contribution in [2.24, 2.45) is 0 Å². The fourth-order valence-electron chi connectivity index (χ4n) is 1.74. The summed E-state index contributed by atoms with van der Waals surface area (Å²) in [5.74, 6) is 0.229.